The summed E-state index contributed by atoms with van der Waals surface area (Å²) in [5, 5.41) is 15.8. The molecule has 7 rings (SSSR count). The number of aromatic nitrogens is 2. The smallest absolute Gasteiger partial charge is 0.343 e. The molecule has 0 amide bonds. The molecule has 4 heterocycles. The molecule has 2 aromatic carbocycles. The van der Waals surface area contributed by atoms with Gasteiger partial charge in [-0.25, -0.2) is 14.2 Å². The van der Waals surface area contributed by atoms with Gasteiger partial charge in [0.25, 0.3) is 5.56 Å². The summed E-state index contributed by atoms with van der Waals surface area (Å²) in [5.74, 6) is -1.08. The molecule has 0 saturated carbocycles. The maximum absolute atomic E-state index is 15.1. The van der Waals surface area contributed by atoms with Gasteiger partial charge in [-0.3, -0.25) is 4.79 Å². The van der Waals surface area contributed by atoms with Crippen LogP contribution in [0.2, 0.25) is 0 Å². The highest BCUT2D eigenvalue weighted by Gasteiger charge is 2.46. The molecule has 0 radical (unpaired) electrons. The first-order chi connectivity index (χ1) is 19.2. The predicted molar refractivity (Wildman–Crippen MR) is 148 cm³/mol. The van der Waals surface area contributed by atoms with Crippen molar-refractivity contribution in [2.75, 3.05) is 5.32 Å². The van der Waals surface area contributed by atoms with Crippen molar-refractivity contribution in [3.8, 4) is 11.4 Å². The third-order valence-corrected chi connectivity index (χ3v) is 8.88. The molecule has 0 bridgehead atoms. The van der Waals surface area contributed by atoms with Gasteiger partial charge in [0.05, 0.1) is 35.1 Å². The van der Waals surface area contributed by atoms with E-state index < -0.39 is 11.6 Å². The fourth-order valence-electron chi connectivity index (χ4n) is 6.69. The van der Waals surface area contributed by atoms with E-state index in [1.54, 1.807) is 24.5 Å². The Morgan fingerprint density at radius 3 is 2.83 bits per heavy atom. The Bertz CT molecular complexity index is 1830. The van der Waals surface area contributed by atoms with Crippen LogP contribution in [0.1, 0.15) is 64.8 Å². The number of carbonyl (C=O) groups is 1. The van der Waals surface area contributed by atoms with E-state index in [2.05, 4.69) is 5.32 Å². The molecule has 0 saturated heterocycles. The van der Waals surface area contributed by atoms with Crippen LogP contribution in [0.3, 0.4) is 0 Å². The van der Waals surface area contributed by atoms with Crippen molar-refractivity contribution in [1.29, 1.82) is 0 Å². The molecule has 40 heavy (non-hydrogen) atoms. The molecule has 4 N–H and O–H groups in total. The number of aryl methyl sites for hydroxylation is 1. The van der Waals surface area contributed by atoms with Crippen molar-refractivity contribution < 1.29 is 19.0 Å². The van der Waals surface area contributed by atoms with Gasteiger partial charge in [0.2, 0.25) is 0 Å². The summed E-state index contributed by atoms with van der Waals surface area (Å²) in [6.45, 7) is 3.99. The summed E-state index contributed by atoms with van der Waals surface area (Å²) in [4.78, 5) is 31.2. The first-order valence-electron chi connectivity index (χ1n) is 13.6. The van der Waals surface area contributed by atoms with E-state index in [0.717, 1.165) is 39.7 Å². The Kier molecular flexibility index (Phi) is 5.43. The molecule has 2 aromatic heterocycles. The molecule has 3 aliphatic rings. The summed E-state index contributed by atoms with van der Waals surface area (Å²) in [7, 11) is 0. The number of aliphatic hydroxyl groups is 1. The van der Waals surface area contributed by atoms with Gasteiger partial charge in [0.1, 0.15) is 12.4 Å². The van der Waals surface area contributed by atoms with E-state index in [0.29, 0.717) is 35.4 Å². The molecule has 4 aromatic rings. The zero-order chi connectivity index (χ0) is 27.9. The zero-order valence-corrected chi connectivity index (χ0v) is 22.3. The second-order valence-electron chi connectivity index (χ2n) is 11.0. The van der Waals surface area contributed by atoms with Crippen molar-refractivity contribution in [3.63, 3.8) is 0 Å². The molecule has 8 nitrogen and oxygen atoms in total. The molecule has 2 atom stereocenters. The minimum absolute atomic E-state index is 0.0622. The summed E-state index contributed by atoms with van der Waals surface area (Å²) in [6, 6.07) is 11.0. The monoisotopic (exact) mass is 540 g/mol. The second-order valence-corrected chi connectivity index (χ2v) is 11.0. The largest absolute Gasteiger partial charge is 0.458 e. The fourth-order valence-corrected chi connectivity index (χ4v) is 6.69. The molecule has 204 valence electrons. The quantitative estimate of drug-likeness (QED) is 0.294. The first kappa shape index (κ1) is 24.9. The van der Waals surface area contributed by atoms with Gasteiger partial charge in [-0.1, -0.05) is 19.1 Å². The van der Waals surface area contributed by atoms with Crippen LogP contribution in [-0.2, 0) is 41.2 Å². The van der Waals surface area contributed by atoms with Crippen LogP contribution >= 0.6 is 0 Å². The number of ether oxygens (including phenoxy) is 1. The van der Waals surface area contributed by atoms with Gasteiger partial charge in [-0.2, -0.15) is 0 Å². The third-order valence-electron chi connectivity index (χ3n) is 8.88. The van der Waals surface area contributed by atoms with Gasteiger partial charge in [-0.15, -0.1) is 0 Å². The lowest BCUT2D eigenvalue weighted by Gasteiger charge is -2.31. The summed E-state index contributed by atoms with van der Waals surface area (Å²) in [5.41, 5.74) is 11.2. The highest BCUT2D eigenvalue weighted by molar-refractivity contribution is 5.93. The second kappa shape index (κ2) is 8.71. The molecule has 1 aliphatic carbocycles. The minimum Gasteiger partial charge on any atom is -0.458 e. The van der Waals surface area contributed by atoms with Crippen molar-refractivity contribution in [3.05, 3.63) is 91.5 Å². The van der Waals surface area contributed by atoms with Crippen molar-refractivity contribution in [1.82, 2.24) is 9.55 Å². The van der Waals surface area contributed by atoms with Crippen molar-refractivity contribution in [2.24, 2.45) is 5.73 Å². The molecule has 2 aliphatic heterocycles. The lowest BCUT2D eigenvalue weighted by Crippen LogP contribution is -2.44. The highest BCUT2D eigenvalue weighted by atomic mass is 19.1. The van der Waals surface area contributed by atoms with Crippen LogP contribution in [0, 0.1) is 12.7 Å². The third kappa shape index (κ3) is 3.34. The number of pyridine rings is 2. The number of benzene rings is 2. The average molecular weight is 541 g/mol. The van der Waals surface area contributed by atoms with Gasteiger partial charge in [-0.05, 0) is 66.6 Å². The van der Waals surface area contributed by atoms with E-state index in [9.17, 15) is 14.7 Å². The van der Waals surface area contributed by atoms with Gasteiger partial charge < -0.3 is 25.5 Å². The Labute approximate surface area is 229 Å². The summed E-state index contributed by atoms with van der Waals surface area (Å²) < 4.78 is 21.9. The molecular formula is C31H29FN4O4. The van der Waals surface area contributed by atoms with Gasteiger partial charge in [0, 0.05) is 34.8 Å². The maximum atomic E-state index is 15.1. The van der Waals surface area contributed by atoms with E-state index in [-0.39, 0.29) is 48.1 Å². The standard InChI is InChI=1S/C31H29FN4O4/c1-3-31(39)21-10-25-28-19(13-36(25)29(37)20(21)14-40-30(31)38)27-23(34-17-6-4-5-16(9-17)12-33)8-7-18-15(2)22(32)11-24(35-28)26(18)27/h4-6,9-11,23,34,39H,3,7-8,12-14,33H2,1-2H3/t23?,31-/m0/s1. The first-order valence-corrected chi connectivity index (χ1v) is 13.6. The number of hydrogen-bond donors (Lipinski definition) is 3. The fraction of sp³-hybridized carbons (Fsp3) is 0.323. The number of rotatable bonds is 4. The van der Waals surface area contributed by atoms with E-state index in [4.69, 9.17) is 15.5 Å². The average Bonchev–Trinajstić information content (AvgIpc) is 3.33. The molecule has 1 unspecified atom stereocenters. The number of hydrogen-bond acceptors (Lipinski definition) is 7. The van der Waals surface area contributed by atoms with Crippen LogP contribution < -0.4 is 16.6 Å². The SMILES string of the molecule is CC[C@@]1(O)C(=O)OCc2c1cc1n(c2=O)Cc2c-1nc1cc(F)c(C)c3c1c2C(Nc1cccc(CN)c1)CC3. The van der Waals surface area contributed by atoms with E-state index in [1.807, 2.05) is 24.3 Å². The number of cyclic esters (lactones) is 1. The van der Waals surface area contributed by atoms with Crippen LogP contribution in [0.25, 0.3) is 22.3 Å². The topological polar surface area (TPSA) is 119 Å². The van der Waals surface area contributed by atoms with Crippen LogP contribution in [0.15, 0.2) is 41.2 Å². The van der Waals surface area contributed by atoms with Crippen molar-refractivity contribution >= 4 is 22.6 Å². The molecule has 9 heteroatoms. The molecule has 0 spiro atoms. The van der Waals surface area contributed by atoms with E-state index >= 15 is 4.39 Å². The lowest BCUT2D eigenvalue weighted by atomic mass is 9.81. The zero-order valence-electron chi connectivity index (χ0n) is 22.3. The van der Waals surface area contributed by atoms with Gasteiger partial charge >= 0.3 is 5.97 Å². The molecule has 0 fully saturated rings. The Balaban J connectivity index is 1.48. The number of halogens is 1. The molecular weight excluding hydrogens is 511 g/mol. The highest BCUT2D eigenvalue weighted by Crippen LogP contribution is 2.46. The van der Waals surface area contributed by atoms with Crippen LogP contribution in [0.4, 0.5) is 10.1 Å². The number of esters is 1. The maximum Gasteiger partial charge on any atom is 0.343 e. The van der Waals surface area contributed by atoms with E-state index in [1.165, 1.54) is 6.07 Å². The lowest BCUT2D eigenvalue weighted by molar-refractivity contribution is -0.172. The Morgan fingerprint density at radius 1 is 1.23 bits per heavy atom. The van der Waals surface area contributed by atoms with Crippen LogP contribution in [0.5, 0.6) is 0 Å². The normalized spacial score (nSPS) is 20.6. The Hall–Kier alpha value is -4.08. The minimum atomic E-state index is -1.91. The van der Waals surface area contributed by atoms with Crippen molar-refractivity contribution in [2.45, 2.75) is 64.4 Å². The van der Waals surface area contributed by atoms with Crippen LogP contribution in [-0.4, -0.2) is 20.6 Å². The number of nitrogens with zero attached hydrogens (tertiary/aromatic N) is 2. The number of anilines is 1. The number of carbonyl (C=O) groups excluding carboxylic acids is 1. The number of nitrogens with two attached hydrogens (primary N) is 1. The Morgan fingerprint density at radius 2 is 2.05 bits per heavy atom. The van der Waals surface area contributed by atoms with Gasteiger partial charge in [0.15, 0.2) is 5.60 Å². The number of fused-ring (bicyclic) bond motifs is 5. The summed E-state index contributed by atoms with van der Waals surface area (Å²) in [6.07, 6.45) is 1.48. The number of nitrogens with one attached hydrogen (secondary N) is 1. The predicted octanol–water partition coefficient (Wildman–Crippen LogP) is 4.09. The summed E-state index contributed by atoms with van der Waals surface area (Å²) >= 11 is 0.